The second-order valence-corrected chi connectivity index (χ2v) is 7.29. The summed E-state index contributed by atoms with van der Waals surface area (Å²) in [6.45, 7) is 0.362. The molecule has 0 saturated heterocycles. The molecule has 0 amide bonds. The lowest BCUT2D eigenvalue weighted by Crippen LogP contribution is -2.24. The maximum atomic E-state index is 12.0. The molecule has 0 aliphatic heterocycles. The molecule has 3 N–H and O–H groups in total. The van der Waals surface area contributed by atoms with E-state index in [1.165, 1.54) is 17.7 Å². The Morgan fingerprint density at radius 2 is 2.20 bits per heavy atom. The van der Waals surface area contributed by atoms with Gasteiger partial charge in [0.05, 0.1) is 0 Å². The molecule has 0 unspecified atom stereocenters. The molecule has 0 radical (unpaired) electrons. The van der Waals surface area contributed by atoms with Crippen molar-refractivity contribution in [3.63, 3.8) is 0 Å². The van der Waals surface area contributed by atoms with Crippen molar-refractivity contribution in [2.45, 2.75) is 23.5 Å². The third kappa shape index (κ3) is 4.10. The Kier molecular flexibility index (Phi) is 5.24. The molecule has 20 heavy (non-hydrogen) atoms. The van der Waals surface area contributed by atoms with Crippen molar-refractivity contribution < 1.29 is 13.5 Å². The van der Waals surface area contributed by atoms with Crippen LogP contribution in [0, 0.1) is 0 Å². The van der Waals surface area contributed by atoms with Crippen LogP contribution in [0.1, 0.15) is 17.1 Å². The first-order valence-corrected chi connectivity index (χ1v) is 8.45. The fraction of sp³-hybridized carbons (Fsp3) is 0.455. The fourth-order valence-electron chi connectivity index (χ4n) is 1.63. The third-order valence-electron chi connectivity index (χ3n) is 2.61. The quantitative estimate of drug-likeness (QED) is 0.608. The molecule has 0 saturated carbocycles. The molecule has 2 aromatic rings. The lowest BCUT2D eigenvalue weighted by Gasteiger charge is -2.03. The van der Waals surface area contributed by atoms with E-state index >= 15 is 0 Å². The Morgan fingerprint density at radius 1 is 1.35 bits per heavy atom. The van der Waals surface area contributed by atoms with Gasteiger partial charge in [-0.2, -0.15) is 5.10 Å². The van der Waals surface area contributed by atoms with Crippen LogP contribution >= 0.6 is 11.3 Å². The normalized spacial score (nSPS) is 11.8. The molecule has 7 nitrogen and oxygen atoms in total. The first-order valence-electron chi connectivity index (χ1n) is 6.15. The van der Waals surface area contributed by atoms with Gasteiger partial charge in [-0.25, -0.2) is 18.1 Å². The van der Waals surface area contributed by atoms with Gasteiger partial charge in [-0.1, -0.05) is 0 Å². The summed E-state index contributed by atoms with van der Waals surface area (Å²) in [6.07, 6.45) is 3.19. The zero-order valence-electron chi connectivity index (χ0n) is 10.7. The summed E-state index contributed by atoms with van der Waals surface area (Å²) in [5.41, 5.74) is 0. The second kappa shape index (κ2) is 6.93. The van der Waals surface area contributed by atoms with Crippen molar-refractivity contribution in [3.05, 3.63) is 29.2 Å². The molecule has 0 aromatic carbocycles. The second-order valence-electron chi connectivity index (χ2n) is 4.13. The van der Waals surface area contributed by atoms with E-state index in [1.807, 2.05) is 0 Å². The molecular weight excluding hydrogens is 300 g/mol. The predicted molar refractivity (Wildman–Crippen MR) is 75.0 cm³/mol. The monoisotopic (exact) mass is 316 g/mol. The molecular formula is C11H16N4O3S2. The molecule has 9 heteroatoms. The Balaban J connectivity index is 1.83. The van der Waals surface area contributed by atoms with E-state index in [-0.39, 0.29) is 10.8 Å². The number of thiophene rings is 1. The molecule has 2 heterocycles. The van der Waals surface area contributed by atoms with Gasteiger partial charge in [-0.05, 0) is 18.6 Å². The number of aryl methyl sites for hydroxylation is 1. The number of aromatic nitrogens is 3. The highest BCUT2D eigenvalue weighted by Gasteiger charge is 2.16. The number of rotatable bonds is 8. The Bertz CT molecular complexity index is 622. The Morgan fingerprint density at radius 3 is 2.90 bits per heavy atom. The van der Waals surface area contributed by atoms with E-state index in [2.05, 4.69) is 19.9 Å². The molecule has 110 valence electrons. The maximum absolute atomic E-state index is 12.0. The van der Waals surface area contributed by atoms with E-state index in [0.717, 1.165) is 10.7 Å². The van der Waals surface area contributed by atoms with Crippen LogP contribution in [-0.4, -0.2) is 41.9 Å². The van der Waals surface area contributed by atoms with Crippen LogP contribution < -0.4 is 4.72 Å². The maximum Gasteiger partial charge on any atom is 0.250 e. The predicted octanol–water partition coefficient (Wildman–Crippen LogP) is 0.312. The van der Waals surface area contributed by atoms with E-state index in [4.69, 9.17) is 5.11 Å². The van der Waals surface area contributed by atoms with Gasteiger partial charge < -0.3 is 5.11 Å². The summed E-state index contributed by atoms with van der Waals surface area (Å²) in [5.74, 6) is 0.741. The van der Waals surface area contributed by atoms with Crippen molar-refractivity contribution in [1.29, 1.82) is 0 Å². The number of sulfonamides is 1. The van der Waals surface area contributed by atoms with E-state index < -0.39 is 10.0 Å². The minimum atomic E-state index is -3.46. The number of hydrogen-bond donors (Lipinski definition) is 3. The van der Waals surface area contributed by atoms with Crippen LogP contribution in [0.3, 0.4) is 0 Å². The van der Waals surface area contributed by atoms with Crippen molar-refractivity contribution in [2.24, 2.45) is 0 Å². The van der Waals surface area contributed by atoms with Gasteiger partial charge in [0.15, 0.2) is 0 Å². The number of aromatic amines is 1. The summed E-state index contributed by atoms with van der Waals surface area (Å²) >= 11 is 1.18. The number of aliphatic hydroxyl groups is 1. The Labute approximate surface area is 121 Å². The van der Waals surface area contributed by atoms with Crippen LogP contribution in [0.5, 0.6) is 0 Å². The summed E-state index contributed by atoms with van der Waals surface area (Å²) in [7, 11) is -3.46. The molecule has 2 rings (SSSR count). The van der Waals surface area contributed by atoms with Gasteiger partial charge in [0.2, 0.25) is 10.0 Å². The van der Waals surface area contributed by atoms with Crippen LogP contribution in [0.25, 0.3) is 0 Å². The lowest BCUT2D eigenvalue weighted by molar-refractivity contribution is 0.300. The highest BCUT2D eigenvalue weighted by atomic mass is 32.2. The third-order valence-corrected chi connectivity index (χ3v) is 5.71. The highest BCUT2D eigenvalue weighted by Crippen LogP contribution is 2.21. The number of nitrogens with zero attached hydrogens (tertiary/aromatic N) is 2. The minimum Gasteiger partial charge on any atom is -0.396 e. The molecule has 0 aliphatic rings. The van der Waals surface area contributed by atoms with E-state index in [1.54, 1.807) is 12.1 Å². The minimum absolute atomic E-state index is 0.0185. The van der Waals surface area contributed by atoms with Gasteiger partial charge in [-0.3, -0.25) is 5.10 Å². The van der Waals surface area contributed by atoms with Crippen LogP contribution in [0.2, 0.25) is 0 Å². The smallest absolute Gasteiger partial charge is 0.250 e. The van der Waals surface area contributed by atoms with Gasteiger partial charge in [0.25, 0.3) is 0 Å². The van der Waals surface area contributed by atoms with Crippen molar-refractivity contribution in [1.82, 2.24) is 19.9 Å². The van der Waals surface area contributed by atoms with Crippen LogP contribution in [-0.2, 0) is 22.9 Å². The Hall–Kier alpha value is -1.29. The fourth-order valence-corrected chi connectivity index (χ4v) is 4.10. The molecule has 0 fully saturated rings. The molecule has 0 bridgehead atoms. The van der Waals surface area contributed by atoms with E-state index in [9.17, 15) is 8.42 Å². The number of nitrogens with one attached hydrogen (secondary N) is 2. The average Bonchev–Trinajstić information content (AvgIpc) is 3.06. The standard InChI is InChI=1S/C11H16N4O3S2/c16-7-5-9-3-4-11(19-9)20(17,18)14-6-1-2-10-12-8-13-15-10/h3-4,8,14,16H,1-2,5-7H2,(H,12,13,15). The van der Waals surface area contributed by atoms with Gasteiger partial charge in [-0.15, -0.1) is 11.3 Å². The van der Waals surface area contributed by atoms with Gasteiger partial charge >= 0.3 is 0 Å². The molecule has 0 aliphatic carbocycles. The van der Waals surface area contributed by atoms with Crippen LogP contribution in [0.4, 0.5) is 0 Å². The first kappa shape index (κ1) is 15.1. The SMILES string of the molecule is O=S(=O)(NCCCc1ncn[nH]1)c1ccc(CCO)s1. The number of H-pyrrole nitrogens is 1. The highest BCUT2D eigenvalue weighted by molar-refractivity contribution is 7.91. The number of hydrogen-bond acceptors (Lipinski definition) is 6. The zero-order chi connectivity index (χ0) is 14.4. The van der Waals surface area contributed by atoms with Crippen molar-refractivity contribution in [3.8, 4) is 0 Å². The molecule has 0 atom stereocenters. The summed E-state index contributed by atoms with van der Waals surface area (Å²) in [5, 5.41) is 15.3. The molecule has 0 spiro atoms. The lowest BCUT2D eigenvalue weighted by atomic mass is 10.3. The summed E-state index contributed by atoms with van der Waals surface area (Å²) < 4.78 is 26.9. The average molecular weight is 316 g/mol. The largest absolute Gasteiger partial charge is 0.396 e. The summed E-state index contributed by atoms with van der Waals surface area (Å²) in [6, 6.07) is 3.29. The van der Waals surface area contributed by atoms with Gasteiger partial charge in [0.1, 0.15) is 16.4 Å². The van der Waals surface area contributed by atoms with Gasteiger partial charge in [0, 0.05) is 30.9 Å². The molecule has 2 aromatic heterocycles. The van der Waals surface area contributed by atoms with E-state index in [0.29, 0.717) is 25.8 Å². The van der Waals surface area contributed by atoms with Crippen LogP contribution in [0.15, 0.2) is 22.7 Å². The zero-order valence-corrected chi connectivity index (χ0v) is 12.4. The topological polar surface area (TPSA) is 108 Å². The summed E-state index contributed by atoms with van der Waals surface area (Å²) in [4.78, 5) is 4.82. The van der Waals surface area contributed by atoms with Crippen molar-refractivity contribution in [2.75, 3.05) is 13.2 Å². The van der Waals surface area contributed by atoms with Crippen molar-refractivity contribution >= 4 is 21.4 Å². The number of aliphatic hydroxyl groups excluding tert-OH is 1. The first-order chi connectivity index (χ1) is 9.62.